The summed E-state index contributed by atoms with van der Waals surface area (Å²) in [6, 6.07) is 0.304. The zero-order valence-electron chi connectivity index (χ0n) is 25.5. The molecule has 3 saturated heterocycles. The number of aliphatic hydroxyl groups excluding tert-OH is 4. The number of fused-ring (bicyclic) bond motifs is 8. The topological polar surface area (TPSA) is 123 Å². The van der Waals surface area contributed by atoms with Crippen molar-refractivity contribution in [3.8, 4) is 0 Å². The number of rotatable bonds is 2. The van der Waals surface area contributed by atoms with Crippen LogP contribution in [0, 0.1) is 52.8 Å². The van der Waals surface area contributed by atoms with Crippen LogP contribution in [0.4, 0.5) is 0 Å². The van der Waals surface area contributed by atoms with Crippen LogP contribution in [0.5, 0.6) is 0 Å². The second kappa shape index (κ2) is 10.4. The average Bonchev–Trinajstić information content (AvgIpc) is 3.31. The van der Waals surface area contributed by atoms with E-state index in [4.69, 9.17) is 9.47 Å². The molecule has 0 spiro atoms. The van der Waals surface area contributed by atoms with Gasteiger partial charge in [-0.3, -0.25) is 4.90 Å². The van der Waals surface area contributed by atoms with Crippen LogP contribution >= 0.6 is 0 Å². The molecule has 7 rings (SSSR count). The zero-order chi connectivity index (χ0) is 29.0. The van der Waals surface area contributed by atoms with Gasteiger partial charge in [0.2, 0.25) is 0 Å². The second-order valence-corrected chi connectivity index (χ2v) is 16.2. The molecule has 4 saturated carbocycles. The third-order valence-corrected chi connectivity index (χ3v) is 14.1. The summed E-state index contributed by atoms with van der Waals surface area (Å²) in [6.07, 6.45) is 3.42. The number of ether oxygens (including phenoxy) is 2. The van der Waals surface area contributed by atoms with Gasteiger partial charge in [-0.25, -0.2) is 0 Å². The molecule has 0 unspecified atom stereocenters. The van der Waals surface area contributed by atoms with Crippen LogP contribution in [0.1, 0.15) is 85.5 Å². The van der Waals surface area contributed by atoms with Crippen LogP contribution in [0.2, 0.25) is 0 Å². The van der Waals surface area contributed by atoms with Crippen molar-refractivity contribution in [1.29, 1.82) is 0 Å². The summed E-state index contributed by atoms with van der Waals surface area (Å²) in [7, 11) is 0. The third kappa shape index (κ3) is 4.52. The summed E-state index contributed by atoms with van der Waals surface area (Å²) in [4.78, 5) is 2.65. The molecule has 18 atom stereocenters. The van der Waals surface area contributed by atoms with Gasteiger partial charge in [-0.2, -0.15) is 0 Å². The normalized spacial score (nSPS) is 60.8. The van der Waals surface area contributed by atoms with Crippen LogP contribution < -0.4 is 0 Å². The fourth-order valence-corrected chi connectivity index (χ4v) is 12.0. The highest BCUT2D eigenvalue weighted by molar-refractivity contribution is 5.14. The maximum absolute atomic E-state index is 12.0. The molecule has 8 heteroatoms. The van der Waals surface area contributed by atoms with Gasteiger partial charge in [0.1, 0.15) is 18.3 Å². The second-order valence-electron chi connectivity index (χ2n) is 16.2. The first-order chi connectivity index (χ1) is 19.4. The van der Waals surface area contributed by atoms with E-state index in [1.54, 1.807) is 6.92 Å². The van der Waals surface area contributed by atoms with Crippen LogP contribution in [-0.4, -0.2) is 98.1 Å². The lowest BCUT2D eigenvalue weighted by molar-refractivity contribution is -0.310. The van der Waals surface area contributed by atoms with E-state index in [1.807, 2.05) is 0 Å². The first-order valence-electron chi connectivity index (χ1n) is 16.9. The Balaban J connectivity index is 1.08. The highest BCUT2D eigenvalue weighted by Crippen LogP contribution is 2.67. The lowest BCUT2D eigenvalue weighted by Gasteiger charge is -2.60. The van der Waals surface area contributed by atoms with Crippen molar-refractivity contribution in [2.45, 2.75) is 140 Å². The van der Waals surface area contributed by atoms with E-state index in [2.05, 4.69) is 25.7 Å². The first-order valence-corrected chi connectivity index (χ1v) is 16.9. The summed E-state index contributed by atoms with van der Waals surface area (Å²) >= 11 is 0. The Morgan fingerprint density at radius 3 is 2.29 bits per heavy atom. The number of aliphatic hydroxyl groups is 5. The molecular formula is C33H55NO7. The lowest BCUT2D eigenvalue weighted by atomic mass is 9.51. The van der Waals surface area contributed by atoms with Gasteiger partial charge < -0.3 is 35.0 Å². The minimum absolute atomic E-state index is 0.0451. The molecule has 7 aliphatic rings. The van der Waals surface area contributed by atoms with Crippen molar-refractivity contribution >= 4 is 0 Å². The van der Waals surface area contributed by atoms with Crippen molar-refractivity contribution in [2.24, 2.45) is 52.8 Å². The predicted octanol–water partition coefficient (Wildman–Crippen LogP) is 2.53. The quantitative estimate of drug-likeness (QED) is 0.318. The maximum Gasteiger partial charge on any atom is 0.186 e. The molecule has 234 valence electrons. The van der Waals surface area contributed by atoms with Gasteiger partial charge in [0.05, 0.1) is 23.9 Å². The van der Waals surface area contributed by atoms with Gasteiger partial charge in [0.25, 0.3) is 0 Å². The van der Waals surface area contributed by atoms with Crippen LogP contribution in [0.3, 0.4) is 0 Å². The van der Waals surface area contributed by atoms with E-state index < -0.39 is 36.3 Å². The summed E-state index contributed by atoms with van der Waals surface area (Å²) in [6.45, 7) is 10.9. The van der Waals surface area contributed by atoms with E-state index in [0.717, 1.165) is 51.6 Å². The van der Waals surface area contributed by atoms with Gasteiger partial charge in [-0.05, 0) is 124 Å². The zero-order valence-corrected chi connectivity index (χ0v) is 25.5. The molecule has 3 heterocycles. The Kier molecular flexibility index (Phi) is 7.43. The molecular weight excluding hydrogens is 522 g/mol. The van der Waals surface area contributed by atoms with Crippen LogP contribution in [0.25, 0.3) is 0 Å². The minimum Gasteiger partial charge on any atom is -0.393 e. The first kappa shape index (κ1) is 29.4. The monoisotopic (exact) mass is 577 g/mol. The number of hydrogen-bond acceptors (Lipinski definition) is 8. The van der Waals surface area contributed by atoms with E-state index in [1.165, 1.54) is 19.3 Å². The Hall–Kier alpha value is -0.320. The fourth-order valence-electron chi connectivity index (χ4n) is 12.0. The molecule has 0 amide bonds. The Morgan fingerprint density at radius 2 is 1.51 bits per heavy atom. The van der Waals surface area contributed by atoms with E-state index in [-0.39, 0.29) is 23.5 Å². The number of piperidine rings is 2. The van der Waals surface area contributed by atoms with E-state index in [9.17, 15) is 25.5 Å². The Bertz CT molecular complexity index is 979. The molecule has 8 nitrogen and oxygen atoms in total. The van der Waals surface area contributed by atoms with E-state index >= 15 is 0 Å². The van der Waals surface area contributed by atoms with Crippen molar-refractivity contribution in [2.75, 3.05) is 13.1 Å². The predicted molar refractivity (Wildman–Crippen MR) is 152 cm³/mol. The van der Waals surface area contributed by atoms with Crippen molar-refractivity contribution < 1.29 is 35.0 Å². The van der Waals surface area contributed by atoms with Crippen molar-refractivity contribution in [1.82, 2.24) is 4.90 Å². The van der Waals surface area contributed by atoms with Gasteiger partial charge in [-0.1, -0.05) is 13.8 Å². The standard InChI is InChI=1S/C33H55NO7/c1-16-5-8-27-33(4,39)23-7-6-19-20(22(23)15-34(27)14-16)12-24-21(19)13-26(35)25-11-18(9-10-32(24,25)3)41-31-30(38)29(37)28(36)17(2)40-31/h16-31,35-39H,5-15H2,1-4H3/t16-,17+,18-,19+,20+,21-,22-,23-,24-,25+,26-,27-,28+,29-,30+,31-,32+,33-/m0/s1. The molecule has 4 aliphatic carbocycles. The number of nitrogens with zero attached hydrogens (tertiary/aromatic N) is 1. The molecule has 0 aromatic carbocycles. The highest BCUT2D eigenvalue weighted by atomic mass is 16.7. The average molecular weight is 578 g/mol. The maximum atomic E-state index is 12.0. The Labute approximate surface area is 245 Å². The van der Waals surface area contributed by atoms with Gasteiger partial charge in [0.15, 0.2) is 6.29 Å². The lowest BCUT2D eigenvalue weighted by Crippen LogP contribution is -2.67. The largest absolute Gasteiger partial charge is 0.393 e. The van der Waals surface area contributed by atoms with Crippen LogP contribution in [-0.2, 0) is 9.47 Å². The van der Waals surface area contributed by atoms with Crippen molar-refractivity contribution in [3.05, 3.63) is 0 Å². The van der Waals surface area contributed by atoms with Gasteiger partial charge in [-0.15, -0.1) is 0 Å². The summed E-state index contributed by atoms with van der Waals surface area (Å²) < 4.78 is 12.0. The molecule has 0 aromatic heterocycles. The smallest absolute Gasteiger partial charge is 0.186 e. The minimum atomic E-state index is -1.30. The number of hydrogen-bond donors (Lipinski definition) is 5. The molecule has 0 bridgehead atoms. The molecule has 7 fully saturated rings. The SMILES string of the molecule is C[C@H]1CC[C@@H]2N(C1)C[C@H]1[C@@H]3C[C@H]4[C@@H](C[C@H](O)[C@H]5C[C@@H](O[C@@H]6O[C@H](C)[C@@H](O)[C@H](O)[C@H]6O)CC[C@@]54C)[C@@H]3CC[C@@H]1[C@]2(C)O. The molecule has 5 N–H and O–H groups in total. The third-order valence-electron chi connectivity index (χ3n) is 14.1. The fraction of sp³-hybridized carbons (Fsp3) is 1.00. The highest BCUT2D eigenvalue weighted by Gasteiger charge is 2.64. The molecule has 3 aliphatic heterocycles. The van der Waals surface area contributed by atoms with Gasteiger partial charge in [0, 0.05) is 19.1 Å². The molecule has 0 aromatic rings. The van der Waals surface area contributed by atoms with Crippen LogP contribution in [0.15, 0.2) is 0 Å². The molecule has 0 radical (unpaired) electrons. The van der Waals surface area contributed by atoms with E-state index in [0.29, 0.717) is 47.5 Å². The van der Waals surface area contributed by atoms with Gasteiger partial charge >= 0.3 is 0 Å². The summed E-state index contributed by atoms with van der Waals surface area (Å²) in [5.74, 6) is 4.18. The Morgan fingerprint density at radius 1 is 0.732 bits per heavy atom. The summed E-state index contributed by atoms with van der Waals surface area (Å²) in [5.41, 5.74) is -0.570. The summed E-state index contributed by atoms with van der Waals surface area (Å²) in [5, 5.41) is 54.5. The van der Waals surface area contributed by atoms with Crippen molar-refractivity contribution in [3.63, 3.8) is 0 Å². The molecule has 41 heavy (non-hydrogen) atoms.